The largest absolute Gasteiger partial charge is 0.443 e. The van der Waals surface area contributed by atoms with Crippen molar-refractivity contribution in [2.75, 3.05) is 6.61 Å². The smallest absolute Gasteiger partial charge is 0.220 e. The van der Waals surface area contributed by atoms with Crippen molar-refractivity contribution in [2.24, 2.45) is 0 Å². The molecule has 1 atom stereocenters. The zero-order valence-corrected chi connectivity index (χ0v) is 13.3. The summed E-state index contributed by atoms with van der Waals surface area (Å²) in [5, 5.41) is 3.00. The van der Waals surface area contributed by atoms with Crippen LogP contribution < -0.4 is 5.32 Å². The molecular formula is C18H19N3O3. The Labute approximate surface area is 140 Å². The molecule has 1 N–H and O–H groups in total. The molecule has 0 fully saturated rings. The van der Waals surface area contributed by atoms with Crippen LogP contribution in [0.3, 0.4) is 0 Å². The van der Waals surface area contributed by atoms with E-state index in [0.717, 1.165) is 33.4 Å². The maximum Gasteiger partial charge on any atom is 0.220 e. The van der Waals surface area contributed by atoms with Crippen molar-refractivity contribution in [3.63, 3.8) is 0 Å². The van der Waals surface area contributed by atoms with E-state index in [1.165, 1.54) is 6.39 Å². The zero-order valence-electron chi connectivity index (χ0n) is 13.3. The van der Waals surface area contributed by atoms with Crippen molar-refractivity contribution in [1.82, 2.24) is 15.3 Å². The maximum atomic E-state index is 11.8. The summed E-state index contributed by atoms with van der Waals surface area (Å²) < 4.78 is 11.0. The molecule has 0 spiro atoms. The van der Waals surface area contributed by atoms with Crippen molar-refractivity contribution >= 4 is 17.0 Å². The molecule has 1 aromatic carbocycles. The van der Waals surface area contributed by atoms with Crippen LogP contribution in [0, 0.1) is 0 Å². The minimum Gasteiger partial charge on any atom is -0.443 e. The second kappa shape index (κ2) is 6.05. The van der Waals surface area contributed by atoms with E-state index in [1.54, 1.807) is 0 Å². The summed E-state index contributed by atoms with van der Waals surface area (Å²) in [6.07, 6.45) is 5.53. The third kappa shape index (κ3) is 2.55. The van der Waals surface area contributed by atoms with Gasteiger partial charge in [0.05, 0.1) is 19.3 Å². The molecule has 2 aromatic heterocycles. The number of nitrogens with zero attached hydrogens (tertiary/aromatic N) is 2. The van der Waals surface area contributed by atoms with Gasteiger partial charge < -0.3 is 14.5 Å². The average Bonchev–Trinajstić information content (AvgIpc) is 3.09. The Hall–Kier alpha value is -2.73. The molecule has 3 aromatic rings. The number of aromatic nitrogens is 2. The fraction of sp³-hybridized carbons (Fsp3) is 0.278. The molecule has 0 bridgehead atoms. The van der Waals surface area contributed by atoms with Gasteiger partial charge in [0, 0.05) is 31.4 Å². The van der Waals surface area contributed by atoms with Gasteiger partial charge in [0.1, 0.15) is 5.52 Å². The fourth-order valence-corrected chi connectivity index (χ4v) is 3.02. The first-order chi connectivity index (χ1) is 11.8. The normalized spacial score (nSPS) is 16.8. The molecule has 6 heteroatoms. The number of amides is 1. The van der Waals surface area contributed by atoms with Gasteiger partial charge in [0.25, 0.3) is 0 Å². The molecule has 1 unspecified atom stereocenters. The number of ether oxygens (including phenoxy) is 1. The third-order valence-corrected chi connectivity index (χ3v) is 4.29. The van der Waals surface area contributed by atoms with Gasteiger partial charge in [-0.2, -0.15) is 0 Å². The number of hydrogen-bond acceptors (Lipinski definition) is 5. The van der Waals surface area contributed by atoms with Crippen LogP contribution in [0.4, 0.5) is 0 Å². The molecule has 4 rings (SSSR count). The van der Waals surface area contributed by atoms with Gasteiger partial charge in [-0.25, -0.2) is 4.98 Å². The molecule has 3 heterocycles. The van der Waals surface area contributed by atoms with Gasteiger partial charge in [0.15, 0.2) is 12.0 Å². The van der Waals surface area contributed by atoms with Gasteiger partial charge >= 0.3 is 0 Å². The van der Waals surface area contributed by atoms with Crippen molar-refractivity contribution in [3.05, 3.63) is 48.1 Å². The van der Waals surface area contributed by atoms with E-state index in [9.17, 15) is 4.79 Å². The van der Waals surface area contributed by atoms with Crippen LogP contribution in [-0.2, 0) is 16.1 Å². The number of hydrogen-bond donors (Lipinski definition) is 1. The number of carbonyl (C=O) groups excluding carboxylic acids is 1. The lowest BCUT2D eigenvalue weighted by Crippen LogP contribution is -2.34. The predicted octanol–water partition coefficient (Wildman–Crippen LogP) is 3.23. The van der Waals surface area contributed by atoms with Gasteiger partial charge in [-0.15, -0.1) is 0 Å². The maximum absolute atomic E-state index is 11.8. The van der Waals surface area contributed by atoms with Crippen LogP contribution >= 0.6 is 0 Å². The van der Waals surface area contributed by atoms with E-state index in [2.05, 4.69) is 15.3 Å². The second-order valence-corrected chi connectivity index (χ2v) is 5.78. The molecular weight excluding hydrogens is 306 g/mol. The van der Waals surface area contributed by atoms with E-state index >= 15 is 0 Å². The molecule has 6 nitrogen and oxygen atoms in total. The Kier molecular flexibility index (Phi) is 3.74. The second-order valence-electron chi connectivity index (χ2n) is 5.78. The molecule has 0 radical (unpaired) electrons. The van der Waals surface area contributed by atoms with Crippen molar-refractivity contribution in [1.29, 1.82) is 0 Å². The topological polar surface area (TPSA) is 77.2 Å². The molecule has 1 aliphatic rings. The Bertz CT molecular complexity index is 909. The van der Waals surface area contributed by atoms with E-state index in [-0.39, 0.29) is 13.4 Å². The summed E-state index contributed by atoms with van der Waals surface area (Å²) in [4.78, 5) is 20.3. The number of carbonyl (C=O) groups is 1. The van der Waals surface area contributed by atoms with Gasteiger partial charge in [-0.05, 0) is 23.3 Å². The first-order valence-corrected chi connectivity index (χ1v) is 7.93. The fourth-order valence-electron chi connectivity index (χ4n) is 3.02. The van der Waals surface area contributed by atoms with Crippen molar-refractivity contribution in [2.45, 2.75) is 26.0 Å². The Morgan fingerprint density at radius 3 is 3.21 bits per heavy atom. The number of pyridine rings is 1. The van der Waals surface area contributed by atoms with Gasteiger partial charge in [0.2, 0.25) is 5.91 Å². The van der Waals surface area contributed by atoms with Crippen LogP contribution in [0.2, 0.25) is 0 Å². The summed E-state index contributed by atoms with van der Waals surface area (Å²) in [5.74, 6) is 0.00543. The molecule has 124 valence electrons. The van der Waals surface area contributed by atoms with Crippen molar-refractivity contribution in [3.8, 4) is 11.1 Å². The standard InChI is InChI=1S/C18H17N3O3.H2/c1-2-18(22)21-16-9-23-8-14-12(6-19-7-13(14)16)11-3-4-17-15(5-11)20-10-24-17;/h3-7,10,16H,2,8-9H2,1H3,(H,21,22);1H. The van der Waals surface area contributed by atoms with E-state index in [1.807, 2.05) is 37.5 Å². The first kappa shape index (κ1) is 14.8. The summed E-state index contributed by atoms with van der Waals surface area (Å²) in [7, 11) is 0. The molecule has 0 saturated carbocycles. The minimum atomic E-state index is -0.163. The highest BCUT2D eigenvalue weighted by Gasteiger charge is 2.25. The Morgan fingerprint density at radius 1 is 1.42 bits per heavy atom. The van der Waals surface area contributed by atoms with Crippen LogP contribution in [0.5, 0.6) is 0 Å². The molecule has 24 heavy (non-hydrogen) atoms. The molecule has 1 amide bonds. The number of fused-ring (bicyclic) bond motifs is 2. The molecule has 0 aliphatic carbocycles. The number of rotatable bonds is 3. The molecule has 0 saturated heterocycles. The van der Waals surface area contributed by atoms with Crippen molar-refractivity contribution < 1.29 is 15.4 Å². The lowest BCUT2D eigenvalue weighted by atomic mass is 9.93. The van der Waals surface area contributed by atoms with E-state index in [0.29, 0.717) is 19.6 Å². The van der Waals surface area contributed by atoms with E-state index in [4.69, 9.17) is 9.15 Å². The van der Waals surface area contributed by atoms with Crippen LogP contribution in [-0.4, -0.2) is 22.5 Å². The van der Waals surface area contributed by atoms with E-state index < -0.39 is 0 Å². The first-order valence-electron chi connectivity index (χ1n) is 7.93. The van der Waals surface area contributed by atoms with Gasteiger partial charge in [-0.1, -0.05) is 13.0 Å². The lowest BCUT2D eigenvalue weighted by molar-refractivity contribution is -0.122. The van der Waals surface area contributed by atoms with Crippen LogP contribution in [0.15, 0.2) is 41.4 Å². The molecule has 1 aliphatic heterocycles. The highest BCUT2D eigenvalue weighted by molar-refractivity contribution is 5.81. The SMILES string of the molecule is CCC(=O)NC1COCc2c(-c3ccc4ocnc4c3)cncc21.[HH]. The lowest BCUT2D eigenvalue weighted by Gasteiger charge is -2.27. The summed E-state index contributed by atoms with van der Waals surface area (Å²) in [5.41, 5.74) is 5.62. The number of benzene rings is 1. The summed E-state index contributed by atoms with van der Waals surface area (Å²) >= 11 is 0. The third-order valence-electron chi connectivity index (χ3n) is 4.29. The minimum absolute atomic E-state index is 0. The predicted molar refractivity (Wildman–Crippen MR) is 90.2 cm³/mol. The van der Waals surface area contributed by atoms with Crippen LogP contribution in [0.1, 0.15) is 31.9 Å². The highest BCUT2D eigenvalue weighted by Crippen LogP contribution is 2.33. The Balaban J connectivity index is 0.00000182. The van der Waals surface area contributed by atoms with Gasteiger partial charge in [-0.3, -0.25) is 9.78 Å². The summed E-state index contributed by atoms with van der Waals surface area (Å²) in [6.45, 7) is 2.80. The average molecular weight is 325 g/mol. The summed E-state index contributed by atoms with van der Waals surface area (Å²) in [6, 6.07) is 5.70. The zero-order chi connectivity index (χ0) is 16.5. The Morgan fingerprint density at radius 2 is 2.33 bits per heavy atom. The number of nitrogens with one attached hydrogen (secondary N) is 1. The quantitative estimate of drug-likeness (QED) is 0.800. The number of oxazole rings is 1. The monoisotopic (exact) mass is 325 g/mol. The van der Waals surface area contributed by atoms with Crippen LogP contribution in [0.25, 0.3) is 22.2 Å². The highest BCUT2D eigenvalue weighted by atomic mass is 16.5.